The van der Waals surface area contributed by atoms with Crippen LogP contribution in [0.5, 0.6) is 0 Å². The van der Waals surface area contributed by atoms with Crippen molar-refractivity contribution in [3.05, 3.63) is 158 Å². The van der Waals surface area contributed by atoms with E-state index in [1.165, 1.54) is 0 Å². The lowest BCUT2D eigenvalue weighted by molar-refractivity contribution is 1.00. The van der Waals surface area contributed by atoms with Crippen LogP contribution >= 0.6 is 0 Å². The molecule has 3 aromatic heterocycles. The first-order chi connectivity index (χ1) is 22.7. The van der Waals surface area contributed by atoms with Crippen molar-refractivity contribution in [2.75, 3.05) is 0 Å². The third-order valence-electron chi connectivity index (χ3n) is 8.16. The van der Waals surface area contributed by atoms with Crippen LogP contribution in [-0.4, -0.2) is 29.5 Å². The van der Waals surface area contributed by atoms with Crippen molar-refractivity contribution in [2.24, 2.45) is 0 Å². The molecule has 6 heteroatoms. The second-order valence-electron chi connectivity index (χ2n) is 11.0. The smallest absolute Gasteiger partial charge is 0.164 e. The van der Waals surface area contributed by atoms with Crippen molar-refractivity contribution >= 4 is 11.0 Å². The van der Waals surface area contributed by atoms with Crippen LogP contribution in [0.2, 0.25) is 0 Å². The molecule has 8 rings (SSSR count). The highest BCUT2D eigenvalue weighted by Crippen LogP contribution is 2.38. The molecule has 6 nitrogen and oxygen atoms in total. The van der Waals surface area contributed by atoms with Gasteiger partial charge in [-0.05, 0) is 65.6 Å². The lowest BCUT2D eigenvalue weighted by Gasteiger charge is -2.15. The Morgan fingerprint density at radius 3 is 1.67 bits per heavy atom. The zero-order valence-corrected chi connectivity index (χ0v) is 25.1. The molecule has 0 aliphatic carbocycles. The third kappa shape index (κ3) is 5.02. The van der Waals surface area contributed by atoms with E-state index < -0.39 is 0 Å². The van der Waals surface area contributed by atoms with Gasteiger partial charge in [0.05, 0.1) is 11.0 Å². The maximum Gasteiger partial charge on any atom is 0.164 e. The zero-order valence-electron chi connectivity index (χ0n) is 25.1. The van der Waals surface area contributed by atoms with E-state index in [0.717, 1.165) is 61.5 Å². The normalized spacial score (nSPS) is 11.2. The van der Waals surface area contributed by atoms with Crippen LogP contribution in [0.15, 0.2) is 152 Å². The summed E-state index contributed by atoms with van der Waals surface area (Å²) in [5, 5.41) is 0. The van der Waals surface area contributed by atoms with Gasteiger partial charge in [-0.2, -0.15) is 0 Å². The second-order valence-corrected chi connectivity index (χ2v) is 11.0. The molecule has 0 aliphatic heterocycles. The van der Waals surface area contributed by atoms with E-state index in [4.69, 9.17) is 19.9 Å². The van der Waals surface area contributed by atoms with Gasteiger partial charge in [0.25, 0.3) is 0 Å². The molecule has 0 fully saturated rings. The van der Waals surface area contributed by atoms with E-state index >= 15 is 0 Å². The Hall–Kier alpha value is -6.27. The van der Waals surface area contributed by atoms with Gasteiger partial charge in [-0.25, -0.2) is 19.9 Å². The van der Waals surface area contributed by atoms with Crippen molar-refractivity contribution in [2.45, 2.75) is 6.92 Å². The van der Waals surface area contributed by atoms with Crippen LogP contribution < -0.4 is 0 Å². The predicted octanol–water partition coefficient (Wildman–Crippen LogP) is 9.25. The molecule has 0 amide bonds. The molecule has 0 saturated carbocycles. The Labute approximate surface area is 266 Å². The number of hydrogen-bond donors (Lipinski definition) is 0. The van der Waals surface area contributed by atoms with Crippen molar-refractivity contribution in [3.8, 4) is 62.1 Å². The fourth-order valence-electron chi connectivity index (χ4n) is 5.99. The minimum Gasteiger partial charge on any atom is -0.297 e. The summed E-state index contributed by atoms with van der Waals surface area (Å²) in [6.07, 6.45) is 3.51. The number of imidazole rings is 1. The predicted molar refractivity (Wildman–Crippen MR) is 184 cm³/mol. The van der Waals surface area contributed by atoms with Gasteiger partial charge in [0.2, 0.25) is 0 Å². The van der Waals surface area contributed by atoms with E-state index in [1.807, 2.05) is 61.5 Å². The summed E-state index contributed by atoms with van der Waals surface area (Å²) in [6, 6.07) is 47.6. The highest BCUT2D eigenvalue weighted by Gasteiger charge is 2.18. The fraction of sp³-hybridized carbons (Fsp3) is 0.0250. The number of aromatic nitrogens is 6. The van der Waals surface area contributed by atoms with Gasteiger partial charge in [-0.1, -0.05) is 103 Å². The number of fused-ring (bicyclic) bond motifs is 1. The van der Waals surface area contributed by atoms with Crippen molar-refractivity contribution in [1.82, 2.24) is 29.5 Å². The maximum absolute atomic E-state index is 5.01. The molecule has 218 valence electrons. The quantitative estimate of drug-likeness (QED) is 0.192. The molecular weight excluding hydrogens is 564 g/mol. The van der Waals surface area contributed by atoms with Gasteiger partial charge in [0, 0.05) is 34.8 Å². The molecule has 0 bridgehead atoms. The van der Waals surface area contributed by atoms with E-state index in [0.29, 0.717) is 17.5 Å². The highest BCUT2D eigenvalue weighted by atomic mass is 15.1. The summed E-state index contributed by atoms with van der Waals surface area (Å²) >= 11 is 0. The minimum absolute atomic E-state index is 0.604. The second kappa shape index (κ2) is 11.7. The first-order valence-corrected chi connectivity index (χ1v) is 15.2. The summed E-state index contributed by atoms with van der Waals surface area (Å²) < 4.78 is 2.20. The topological polar surface area (TPSA) is 69.4 Å². The molecule has 0 unspecified atom stereocenters. The van der Waals surface area contributed by atoms with Crippen LogP contribution in [0.25, 0.3) is 73.1 Å². The average molecular weight is 593 g/mol. The van der Waals surface area contributed by atoms with E-state index in [1.54, 1.807) is 12.4 Å². The number of rotatable bonds is 6. The Morgan fingerprint density at radius 2 is 0.957 bits per heavy atom. The first kappa shape index (κ1) is 27.3. The van der Waals surface area contributed by atoms with Crippen LogP contribution in [0.1, 0.15) is 5.82 Å². The Morgan fingerprint density at radius 1 is 0.413 bits per heavy atom. The van der Waals surface area contributed by atoms with Gasteiger partial charge in [0.1, 0.15) is 5.82 Å². The standard InChI is InChI=1S/C40H28N6/c1-27-42-36-17-9-10-18-37(36)46(27)31-21-19-28(20-22-31)32-13-5-6-14-33(32)34-15-7-8-16-35(34)40-44-38(29-11-3-2-4-12-29)43-39(45-40)30-23-25-41-26-24-30/h2-26H,1H3. The molecule has 3 heterocycles. The van der Waals surface area contributed by atoms with Gasteiger partial charge < -0.3 is 0 Å². The summed E-state index contributed by atoms with van der Waals surface area (Å²) in [4.78, 5) is 23.8. The van der Waals surface area contributed by atoms with Crippen LogP contribution in [0.4, 0.5) is 0 Å². The molecule has 0 radical (unpaired) electrons. The minimum atomic E-state index is 0.604. The lowest BCUT2D eigenvalue weighted by Crippen LogP contribution is -2.01. The number of pyridine rings is 1. The SMILES string of the molecule is Cc1nc2ccccc2n1-c1ccc(-c2ccccc2-c2ccccc2-c2nc(-c3ccccc3)nc(-c3ccncc3)n2)cc1. The largest absolute Gasteiger partial charge is 0.297 e. The summed E-state index contributed by atoms with van der Waals surface area (Å²) in [7, 11) is 0. The number of nitrogens with zero attached hydrogens (tertiary/aromatic N) is 6. The third-order valence-corrected chi connectivity index (χ3v) is 8.16. The molecular formula is C40H28N6. The average Bonchev–Trinajstić information content (AvgIpc) is 3.48. The molecule has 8 aromatic rings. The Kier molecular flexibility index (Phi) is 6.92. The van der Waals surface area contributed by atoms with E-state index in [2.05, 4.69) is 94.5 Å². The monoisotopic (exact) mass is 592 g/mol. The van der Waals surface area contributed by atoms with Crippen LogP contribution in [-0.2, 0) is 0 Å². The molecule has 0 atom stereocenters. The summed E-state index contributed by atoms with van der Waals surface area (Å²) in [5.74, 6) is 2.80. The lowest BCUT2D eigenvalue weighted by atomic mass is 9.91. The summed E-state index contributed by atoms with van der Waals surface area (Å²) in [6.45, 7) is 2.05. The number of hydrogen-bond acceptors (Lipinski definition) is 5. The van der Waals surface area contributed by atoms with Crippen LogP contribution in [0.3, 0.4) is 0 Å². The Bertz CT molecular complexity index is 2250. The van der Waals surface area contributed by atoms with E-state index in [-0.39, 0.29) is 0 Å². The van der Waals surface area contributed by atoms with Crippen molar-refractivity contribution in [3.63, 3.8) is 0 Å². The number of para-hydroxylation sites is 2. The van der Waals surface area contributed by atoms with Gasteiger partial charge in [-0.3, -0.25) is 9.55 Å². The first-order valence-electron chi connectivity index (χ1n) is 15.2. The summed E-state index contributed by atoms with van der Waals surface area (Å²) in [5.41, 5.74) is 10.3. The molecule has 0 N–H and O–H groups in total. The molecule has 46 heavy (non-hydrogen) atoms. The van der Waals surface area contributed by atoms with Gasteiger partial charge in [-0.15, -0.1) is 0 Å². The van der Waals surface area contributed by atoms with Crippen molar-refractivity contribution < 1.29 is 0 Å². The maximum atomic E-state index is 5.01. The molecule has 0 aliphatic rings. The van der Waals surface area contributed by atoms with Gasteiger partial charge in [0.15, 0.2) is 17.5 Å². The number of aryl methyl sites for hydroxylation is 1. The zero-order chi connectivity index (χ0) is 30.9. The number of benzene rings is 5. The van der Waals surface area contributed by atoms with Crippen LogP contribution in [0, 0.1) is 6.92 Å². The highest BCUT2D eigenvalue weighted by molar-refractivity contribution is 5.91. The van der Waals surface area contributed by atoms with Gasteiger partial charge >= 0.3 is 0 Å². The molecule has 0 saturated heterocycles. The van der Waals surface area contributed by atoms with E-state index in [9.17, 15) is 0 Å². The fourth-order valence-corrected chi connectivity index (χ4v) is 5.99. The molecule has 0 spiro atoms. The Balaban J connectivity index is 1.25. The van der Waals surface area contributed by atoms with Crippen molar-refractivity contribution in [1.29, 1.82) is 0 Å². The molecule has 5 aromatic carbocycles.